The topological polar surface area (TPSA) is 65.1 Å². The molecular formula is C21H22ClNO5. The highest BCUT2D eigenvalue weighted by atomic mass is 35.5. The van der Waals surface area contributed by atoms with Gasteiger partial charge in [0.15, 0.2) is 17.6 Å². The van der Waals surface area contributed by atoms with Crippen LogP contribution in [-0.4, -0.2) is 38.2 Å². The highest BCUT2D eigenvalue weighted by Crippen LogP contribution is 2.36. The van der Waals surface area contributed by atoms with Crippen LogP contribution in [0, 0.1) is 0 Å². The molecule has 0 radical (unpaired) electrons. The molecule has 0 spiro atoms. The van der Waals surface area contributed by atoms with Crippen LogP contribution in [0.4, 0.5) is 5.69 Å². The molecule has 28 heavy (non-hydrogen) atoms. The Hall–Kier alpha value is -2.73. The summed E-state index contributed by atoms with van der Waals surface area (Å²) in [4.78, 5) is 27.2. The molecule has 1 heterocycles. The molecule has 0 N–H and O–H groups in total. The average Bonchev–Trinajstić information content (AvgIpc) is 3.02. The van der Waals surface area contributed by atoms with E-state index in [1.54, 1.807) is 11.8 Å². The molecule has 2 aromatic rings. The number of amides is 1. The Morgan fingerprint density at radius 2 is 1.89 bits per heavy atom. The summed E-state index contributed by atoms with van der Waals surface area (Å²) < 4.78 is 15.8. The van der Waals surface area contributed by atoms with Crippen molar-refractivity contribution in [3.05, 3.63) is 52.5 Å². The summed E-state index contributed by atoms with van der Waals surface area (Å²) in [7, 11) is 2.90. The highest BCUT2D eigenvalue weighted by Gasteiger charge is 2.34. The first-order chi connectivity index (χ1) is 13.4. The second-order valence-corrected chi connectivity index (χ2v) is 7.04. The van der Waals surface area contributed by atoms with Crippen LogP contribution < -0.4 is 14.4 Å². The number of carbonyl (C=O) groups excluding carboxylic acids is 2. The lowest BCUT2D eigenvalue weighted by Crippen LogP contribution is -2.43. The number of fused-ring (bicyclic) bond motifs is 1. The molecule has 3 rings (SSSR count). The van der Waals surface area contributed by atoms with E-state index < -0.39 is 12.1 Å². The van der Waals surface area contributed by atoms with E-state index in [1.165, 1.54) is 26.4 Å². The van der Waals surface area contributed by atoms with Crippen LogP contribution in [0.2, 0.25) is 5.02 Å². The maximum absolute atomic E-state index is 13.0. The molecule has 0 fully saturated rings. The largest absolute Gasteiger partial charge is 0.493 e. The number of rotatable bonds is 5. The fourth-order valence-electron chi connectivity index (χ4n) is 3.41. The van der Waals surface area contributed by atoms with Crippen molar-refractivity contribution in [1.29, 1.82) is 0 Å². The zero-order valence-electron chi connectivity index (χ0n) is 16.2. The minimum atomic E-state index is -0.951. The molecule has 0 bridgehead atoms. The van der Waals surface area contributed by atoms with Gasteiger partial charge in [-0.2, -0.15) is 0 Å². The molecule has 1 amide bonds. The number of benzene rings is 2. The molecule has 0 saturated carbocycles. The lowest BCUT2D eigenvalue weighted by atomic mass is 10.1. The van der Waals surface area contributed by atoms with E-state index in [-0.39, 0.29) is 22.5 Å². The molecular weight excluding hydrogens is 382 g/mol. The summed E-state index contributed by atoms with van der Waals surface area (Å²) in [6.45, 7) is 3.54. The van der Waals surface area contributed by atoms with E-state index in [0.29, 0.717) is 11.5 Å². The average molecular weight is 404 g/mol. The number of hydrogen-bond acceptors (Lipinski definition) is 5. The molecule has 0 aliphatic carbocycles. The van der Waals surface area contributed by atoms with Gasteiger partial charge in [-0.05, 0) is 44.0 Å². The second kappa shape index (κ2) is 8.10. The van der Waals surface area contributed by atoms with Gasteiger partial charge in [0.2, 0.25) is 0 Å². The summed E-state index contributed by atoms with van der Waals surface area (Å²) in [5.74, 6) is -0.295. The summed E-state index contributed by atoms with van der Waals surface area (Å²) >= 11 is 6.15. The van der Waals surface area contributed by atoms with Crippen molar-refractivity contribution in [2.24, 2.45) is 0 Å². The third-order valence-corrected chi connectivity index (χ3v) is 5.03. The second-order valence-electron chi connectivity index (χ2n) is 6.63. The van der Waals surface area contributed by atoms with E-state index in [2.05, 4.69) is 0 Å². The zero-order chi connectivity index (χ0) is 20.4. The lowest BCUT2D eigenvalue weighted by molar-refractivity contribution is -0.126. The minimum absolute atomic E-state index is 0.00146. The molecule has 6 nitrogen and oxygen atoms in total. The van der Waals surface area contributed by atoms with Crippen molar-refractivity contribution in [3.8, 4) is 11.5 Å². The Balaban J connectivity index is 1.78. The standard InChI is InChI=1S/C21H22ClNO5/c1-12-9-14-7-5-6-8-17(14)23(12)20(24)13(2)28-21(25)15-10-16(22)19(27-4)18(11-15)26-3/h5-8,10-13H,9H2,1-4H3/t12-,13-/m0/s1. The summed E-state index contributed by atoms with van der Waals surface area (Å²) in [5.41, 5.74) is 2.14. The smallest absolute Gasteiger partial charge is 0.339 e. The third-order valence-electron chi connectivity index (χ3n) is 4.75. The first-order valence-corrected chi connectivity index (χ1v) is 9.28. The number of halogens is 1. The van der Waals surface area contributed by atoms with Gasteiger partial charge in [-0.25, -0.2) is 4.79 Å². The molecule has 0 aromatic heterocycles. The first-order valence-electron chi connectivity index (χ1n) is 8.90. The van der Waals surface area contributed by atoms with Crippen molar-refractivity contribution in [2.45, 2.75) is 32.4 Å². The predicted octanol–water partition coefficient (Wildman–Crippen LogP) is 3.88. The monoisotopic (exact) mass is 403 g/mol. The SMILES string of the molecule is COc1cc(C(=O)O[C@@H](C)C(=O)N2c3ccccc3C[C@@H]2C)cc(Cl)c1OC. The number of esters is 1. The van der Waals surface area contributed by atoms with Crippen molar-refractivity contribution < 1.29 is 23.8 Å². The van der Waals surface area contributed by atoms with Gasteiger partial charge in [-0.15, -0.1) is 0 Å². The summed E-state index contributed by atoms with van der Waals surface area (Å²) in [6.07, 6.45) is -0.179. The van der Waals surface area contributed by atoms with Gasteiger partial charge < -0.3 is 19.1 Å². The molecule has 1 aliphatic rings. The van der Waals surface area contributed by atoms with Gasteiger partial charge >= 0.3 is 5.97 Å². The Kier molecular flexibility index (Phi) is 5.79. The normalized spacial score (nSPS) is 16.3. The molecule has 2 atom stereocenters. The fourth-order valence-corrected chi connectivity index (χ4v) is 3.70. The van der Waals surface area contributed by atoms with Gasteiger partial charge in [0.1, 0.15) is 0 Å². The van der Waals surface area contributed by atoms with Crippen LogP contribution in [0.5, 0.6) is 11.5 Å². The Bertz CT molecular complexity index is 914. The van der Waals surface area contributed by atoms with E-state index in [1.807, 2.05) is 31.2 Å². The van der Waals surface area contributed by atoms with E-state index in [0.717, 1.165) is 17.7 Å². The van der Waals surface area contributed by atoms with Crippen LogP contribution in [-0.2, 0) is 16.0 Å². The maximum Gasteiger partial charge on any atom is 0.339 e. The van der Waals surface area contributed by atoms with E-state index >= 15 is 0 Å². The van der Waals surface area contributed by atoms with Crippen LogP contribution in [0.15, 0.2) is 36.4 Å². The number of hydrogen-bond donors (Lipinski definition) is 0. The van der Waals surface area contributed by atoms with Crippen molar-refractivity contribution in [3.63, 3.8) is 0 Å². The van der Waals surface area contributed by atoms with Gasteiger partial charge in [0.25, 0.3) is 5.91 Å². The third kappa shape index (κ3) is 3.64. The Labute approximate surface area is 168 Å². The quantitative estimate of drug-likeness (QED) is 0.709. The first kappa shape index (κ1) is 20.0. The van der Waals surface area contributed by atoms with Crippen LogP contribution in [0.25, 0.3) is 0 Å². The maximum atomic E-state index is 13.0. The minimum Gasteiger partial charge on any atom is -0.493 e. The predicted molar refractivity (Wildman–Crippen MR) is 107 cm³/mol. The van der Waals surface area contributed by atoms with Crippen LogP contribution >= 0.6 is 11.6 Å². The number of para-hydroxylation sites is 1. The van der Waals surface area contributed by atoms with E-state index in [9.17, 15) is 9.59 Å². The molecule has 0 saturated heterocycles. The number of carbonyl (C=O) groups is 2. The number of ether oxygens (including phenoxy) is 3. The molecule has 7 heteroatoms. The van der Waals surface area contributed by atoms with Gasteiger partial charge in [-0.1, -0.05) is 29.8 Å². The summed E-state index contributed by atoms with van der Waals surface area (Å²) in [5, 5.41) is 0.217. The molecule has 1 aliphatic heterocycles. The van der Waals surface area contributed by atoms with Gasteiger partial charge in [0, 0.05) is 11.7 Å². The lowest BCUT2D eigenvalue weighted by Gasteiger charge is -2.26. The Morgan fingerprint density at radius 3 is 2.57 bits per heavy atom. The van der Waals surface area contributed by atoms with Crippen molar-refractivity contribution in [1.82, 2.24) is 0 Å². The number of nitrogens with zero attached hydrogens (tertiary/aromatic N) is 1. The van der Waals surface area contributed by atoms with Crippen LogP contribution in [0.3, 0.4) is 0 Å². The van der Waals surface area contributed by atoms with Gasteiger partial charge in [0.05, 0.1) is 24.8 Å². The molecule has 148 valence electrons. The molecule has 0 unspecified atom stereocenters. The van der Waals surface area contributed by atoms with Gasteiger partial charge in [-0.3, -0.25) is 4.79 Å². The number of methoxy groups -OCH3 is 2. The van der Waals surface area contributed by atoms with E-state index in [4.69, 9.17) is 25.8 Å². The Morgan fingerprint density at radius 1 is 1.18 bits per heavy atom. The van der Waals surface area contributed by atoms with Crippen molar-refractivity contribution >= 4 is 29.2 Å². The highest BCUT2D eigenvalue weighted by molar-refractivity contribution is 6.32. The fraction of sp³-hybridized carbons (Fsp3) is 0.333. The van der Waals surface area contributed by atoms with Crippen molar-refractivity contribution in [2.75, 3.05) is 19.1 Å². The van der Waals surface area contributed by atoms with Crippen LogP contribution in [0.1, 0.15) is 29.8 Å². The summed E-state index contributed by atoms with van der Waals surface area (Å²) in [6, 6.07) is 10.6. The molecule has 2 aromatic carbocycles. The zero-order valence-corrected chi connectivity index (χ0v) is 16.9. The number of anilines is 1.